The number of carbonyl (C=O) groups is 2. The number of hydrogen-bond acceptors (Lipinski definition) is 2. The van der Waals surface area contributed by atoms with Gasteiger partial charge in [-0.15, -0.1) is 0 Å². The Morgan fingerprint density at radius 2 is 1.84 bits per heavy atom. The van der Waals surface area contributed by atoms with Crippen LogP contribution in [0.25, 0.3) is 0 Å². The largest absolute Gasteiger partial charge is 0.481 e. The first kappa shape index (κ1) is 15.8. The van der Waals surface area contributed by atoms with Crippen LogP contribution < -0.4 is 5.32 Å². The van der Waals surface area contributed by atoms with Gasteiger partial charge in [0.2, 0.25) is 5.91 Å². The van der Waals surface area contributed by atoms with Gasteiger partial charge in [0.15, 0.2) is 0 Å². The molecule has 1 unspecified atom stereocenters. The molecule has 6 heteroatoms. The van der Waals surface area contributed by atoms with Gasteiger partial charge in [0.25, 0.3) is 0 Å². The summed E-state index contributed by atoms with van der Waals surface area (Å²) in [6, 6.07) is 5.06. The number of carbonyl (C=O) groups excluding carboxylic acids is 1. The summed E-state index contributed by atoms with van der Waals surface area (Å²) in [5, 5.41) is 12.3. The molecular formula is C13H15Cl2NO3. The first-order valence-electron chi connectivity index (χ1n) is 5.84. The van der Waals surface area contributed by atoms with Crippen molar-refractivity contribution in [3.63, 3.8) is 0 Å². The van der Waals surface area contributed by atoms with Crippen LogP contribution in [0.1, 0.15) is 25.3 Å². The molecule has 1 aromatic rings. The molecule has 4 nitrogen and oxygen atoms in total. The molecule has 1 atom stereocenters. The Bertz CT molecular complexity index is 457. The van der Waals surface area contributed by atoms with E-state index >= 15 is 0 Å². The van der Waals surface area contributed by atoms with Gasteiger partial charge in [0.05, 0.1) is 6.42 Å². The smallest absolute Gasteiger partial charge is 0.303 e. The van der Waals surface area contributed by atoms with E-state index in [0.717, 1.165) is 5.56 Å². The minimum absolute atomic E-state index is 0.0318. The van der Waals surface area contributed by atoms with Crippen molar-refractivity contribution >= 4 is 35.1 Å². The second kappa shape index (κ2) is 7.36. The fourth-order valence-corrected chi connectivity index (χ4v) is 2.20. The van der Waals surface area contributed by atoms with Crippen LogP contribution in [0.4, 0.5) is 0 Å². The summed E-state index contributed by atoms with van der Waals surface area (Å²) in [6.45, 7) is 1.82. The van der Waals surface area contributed by atoms with Crippen LogP contribution in [0.5, 0.6) is 0 Å². The molecular weight excluding hydrogens is 289 g/mol. The van der Waals surface area contributed by atoms with Gasteiger partial charge in [0.1, 0.15) is 0 Å². The third kappa shape index (κ3) is 5.49. The molecule has 2 N–H and O–H groups in total. The summed E-state index contributed by atoms with van der Waals surface area (Å²) in [6.07, 6.45) is 0.290. The van der Waals surface area contributed by atoms with Crippen molar-refractivity contribution in [2.24, 2.45) is 0 Å². The number of amides is 1. The van der Waals surface area contributed by atoms with Gasteiger partial charge in [-0.3, -0.25) is 9.59 Å². The Kier molecular flexibility index (Phi) is 6.12. The molecule has 0 aliphatic carbocycles. The maximum absolute atomic E-state index is 11.5. The summed E-state index contributed by atoms with van der Waals surface area (Å²) in [5.74, 6) is -1.28. The second-order valence-corrected chi connectivity index (χ2v) is 5.08. The van der Waals surface area contributed by atoms with Crippen LogP contribution in [0, 0.1) is 0 Å². The van der Waals surface area contributed by atoms with E-state index in [1.54, 1.807) is 18.2 Å². The number of nitrogens with one attached hydrogen (secondary N) is 1. The van der Waals surface area contributed by atoms with E-state index < -0.39 is 5.97 Å². The topological polar surface area (TPSA) is 66.4 Å². The van der Waals surface area contributed by atoms with Crippen LogP contribution in [-0.4, -0.2) is 23.0 Å². The second-order valence-electron chi connectivity index (χ2n) is 4.27. The van der Waals surface area contributed by atoms with Gasteiger partial charge in [0, 0.05) is 22.5 Å². The zero-order chi connectivity index (χ0) is 14.4. The van der Waals surface area contributed by atoms with E-state index in [0.29, 0.717) is 16.5 Å². The lowest BCUT2D eigenvalue weighted by Gasteiger charge is -2.15. The molecule has 0 heterocycles. The van der Waals surface area contributed by atoms with Crippen LogP contribution in [0.2, 0.25) is 10.0 Å². The number of aliphatic carboxylic acids is 1. The standard InChI is InChI=1S/C13H15Cl2NO3/c1-8(16-12(17)5-6-13(18)19)7-9-10(14)3-2-4-11(9)15/h2-4,8H,5-7H2,1H3,(H,16,17)(H,18,19). The van der Waals surface area contributed by atoms with Gasteiger partial charge >= 0.3 is 5.97 Å². The first-order chi connectivity index (χ1) is 8.90. The predicted molar refractivity (Wildman–Crippen MR) is 74.6 cm³/mol. The SMILES string of the molecule is CC(Cc1c(Cl)cccc1Cl)NC(=O)CCC(=O)O. The van der Waals surface area contributed by atoms with E-state index in [2.05, 4.69) is 5.32 Å². The lowest BCUT2D eigenvalue weighted by Crippen LogP contribution is -2.34. The van der Waals surface area contributed by atoms with Gasteiger partial charge in [-0.1, -0.05) is 29.3 Å². The molecule has 1 aromatic carbocycles. The Hall–Kier alpha value is -1.26. The molecule has 0 saturated carbocycles. The highest BCUT2D eigenvalue weighted by Crippen LogP contribution is 2.25. The highest BCUT2D eigenvalue weighted by Gasteiger charge is 2.13. The summed E-state index contributed by atoms with van der Waals surface area (Å²) in [4.78, 5) is 21.8. The predicted octanol–water partition coefficient (Wildman–Crippen LogP) is 2.91. The van der Waals surface area contributed by atoms with E-state index in [9.17, 15) is 9.59 Å². The van der Waals surface area contributed by atoms with Crippen LogP contribution in [0.3, 0.4) is 0 Å². The Labute approximate surface area is 121 Å². The van der Waals surface area contributed by atoms with Gasteiger partial charge < -0.3 is 10.4 Å². The van der Waals surface area contributed by atoms with Crippen molar-refractivity contribution in [3.8, 4) is 0 Å². The molecule has 0 aromatic heterocycles. The molecule has 0 radical (unpaired) electrons. The van der Waals surface area contributed by atoms with Crippen LogP contribution in [-0.2, 0) is 16.0 Å². The fraction of sp³-hybridized carbons (Fsp3) is 0.385. The maximum atomic E-state index is 11.5. The third-order valence-corrected chi connectivity index (χ3v) is 3.25. The average molecular weight is 304 g/mol. The maximum Gasteiger partial charge on any atom is 0.303 e. The normalized spacial score (nSPS) is 11.9. The molecule has 0 aliphatic rings. The van der Waals surface area contributed by atoms with Crippen molar-refractivity contribution in [3.05, 3.63) is 33.8 Å². The van der Waals surface area contributed by atoms with E-state index in [4.69, 9.17) is 28.3 Å². The third-order valence-electron chi connectivity index (χ3n) is 2.55. The van der Waals surface area contributed by atoms with Crippen molar-refractivity contribution in [1.29, 1.82) is 0 Å². The number of carboxylic acid groups (broad SMARTS) is 1. The number of carboxylic acids is 1. The van der Waals surface area contributed by atoms with Crippen molar-refractivity contribution < 1.29 is 14.7 Å². The van der Waals surface area contributed by atoms with E-state index in [1.807, 2.05) is 6.92 Å². The van der Waals surface area contributed by atoms with Gasteiger partial charge in [-0.05, 0) is 31.0 Å². The zero-order valence-electron chi connectivity index (χ0n) is 10.5. The molecule has 0 spiro atoms. The molecule has 1 amide bonds. The quantitative estimate of drug-likeness (QED) is 0.849. The number of hydrogen-bond donors (Lipinski definition) is 2. The molecule has 104 valence electrons. The highest BCUT2D eigenvalue weighted by atomic mass is 35.5. The van der Waals surface area contributed by atoms with E-state index in [-0.39, 0.29) is 24.8 Å². The summed E-state index contributed by atoms with van der Waals surface area (Å²) >= 11 is 12.1. The minimum atomic E-state index is -0.989. The number of benzene rings is 1. The minimum Gasteiger partial charge on any atom is -0.481 e. The van der Waals surface area contributed by atoms with Crippen molar-refractivity contribution in [1.82, 2.24) is 5.32 Å². The van der Waals surface area contributed by atoms with E-state index in [1.165, 1.54) is 0 Å². The summed E-state index contributed by atoms with van der Waals surface area (Å²) in [7, 11) is 0. The van der Waals surface area contributed by atoms with Crippen LogP contribution in [0.15, 0.2) is 18.2 Å². The lowest BCUT2D eigenvalue weighted by atomic mass is 10.1. The van der Waals surface area contributed by atoms with Crippen molar-refractivity contribution in [2.75, 3.05) is 0 Å². The Morgan fingerprint density at radius 1 is 1.26 bits per heavy atom. The molecule has 0 bridgehead atoms. The van der Waals surface area contributed by atoms with Crippen LogP contribution >= 0.6 is 23.2 Å². The molecule has 1 rings (SSSR count). The van der Waals surface area contributed by atoms with Gasteiger partial charge in [-0.25, -0.2) is 0 Å². The lowest BCUT2D eigenvalue weighted by molar-refractivity contribution is -0.138. The Balaban J connectivity index is 2.53. The number of halogens is 2. The zero-order valence-corrected chi connectivity index (χ0v) is 12.0. The summed E-state index contributed by atoms with van der Waals surface area (Å²) in [5.41, 5.74) is 0.775. The monoisotopic (exact) mass is 303 g/mol. The van der Waals surface area contributed by atoms with Crippen molar-refractivity contribution in [2.45, 2.75) is 32.2 Å². The van der Waals surface area contributed by atoms with Gasteiger partial charge in [-0.2, -0.15) is 0 Å². The highest BCUT2D eigenvalue weighted by molar-refractivity contribution is 6.36. The molecule has 19 heavy (non-hydrogen) atoms. The molecule has 0 fully saturated rings. The number of rotatable bonds is 6. The summed E-state index contributed by atoms with van der Waals surface area (Å²) < 4.78 is 0. The fourth-order valence-electron chi connectivity index (χ4n) is 1.65. The first-order valence-corrected chi connectivity index (χ1v) is 6.59. The Morgan fingerprint density at radius 3 is 2.37 bits per heavy atom. The average Bonchev–Trinajstić information content (AvgIpc) is 2.31. The molecule has 0 aliphatic heterocycles. The molecule has 0 saturated heterocycles.